The first-order valence-electron chi connectivity index (χ1n) is 5.60. The highest BCUT2D eigenvalue weighted by atomic mass is 15.1. The van der Waals surface area contributed by atoms with Gasteiger partial charge in [0.25, 0.3) is 0 Å². The van der Waals surface area contributed by atoms with E-state index in [0.717, 1.165) is 25.8 Å². The van der Waals surface area contributed by atoms with Crippen molar-refractivity contribution >= 4 is 0 Å². The molecular weight excluding hydrogens is 186 g/mol. The maximum absolute atomic E-state index is 5.78. The van der Waals surface area contributed by atoms with Gasteiger partial charge in [0.15, 0.2) is 0 Å². The Kier molecular flexibility index (Phi) is 3.34. The summed E-state index contributed by atoms with van der Waals surface area (Å²) >= 11 is 0. The third kappa shape index (κ3) is 2.76. The van der Waals surface area contributed by atoms with E-state index < -0.39 is 0 Å². The largest absolute Gasteiger partial charge is 0.328 e. The highest BCUT2D eigenvalue weighted by molar-refractivity contribution is 5.10. The summed E-state index contributed by atoms with van der Waals surface area (Å²) in [7, 11) is 2.19. The molecule has 1 saturated carbocycles. The molecule has 2 N–H and O–H groups in total. The van der Waals surface area contributed by atoms with E-state index in [9.17, 15) is 0 Å². The summed E-state index contributed by atoms with van der Waals surface area (Å²) in [5.74, 6) is 0. The first kappa shape index (κ1) is 10.6. The molecule has 0 spiro atoms. The Hall–Kier alpha value is -0.930. The van der Waals surface area contributed by atoms with E-state index in [2.05, 4.69) is 29.1 Å². The predicted octanol–water partition coefficient (Wildman–Crippen LogP) is 1.05. The molecule has 1 heterocycles. The van der Waals surface area contributed by atoms with Crippen LogP contribution >= 0.6 is 0 Å². The molecule has 0 aromatic carbocycles. The van der Waals surface area contributed by atoms with Gasteiger partial charge >= 0.3 is 0 Å². The first-order chi connectivity index (χ1) is 7.25. The van der Waals surface area contributed by atoms with Crippen LogP contribution in [0.3, 0.4) is 0 Å². The summed E-state index contributed by atoms with van der Waals surface area (Å²) in [6.45, 7) is 1.11. The molecule has 0 unspecified atom stereocenters. The van der Waals surface area contributed by atoms with Crippen molar-refractivity contribution in [1.82, 2.24) is 9.88 Å². The minimum Gasteiger partial charge on any atom is -0.328 e. The molecule has 82 valence electrons. The first-order valence-corrected chi connectivity index (χ1v) is 5.60. The highest BCUT2D eigenvalue weighted by Crippen LogP contribution is 2.22. The number of nitrogens with zero attached hydrogens (tertiary/aromatic N) is 2. The smallest absolute Gasteiger partial charge is 0.0270 e. The molecule has 15 heavy (non-hydrogen) atoms. The fourth-order valence-corrected chi connectivity index (χ4v) is 2.03. The standard InChI is InChI=1S/C12H19N3/c1-15(12-8-11(13)9-12)7-4-10-2-5-14-6-3-10/h2-3,5-6,11-12H,4,7-9,13H2,1H3. The Morgan fingerprint density at radius 1 is 1.40 bits per heavy atom. The summed E-state index contributed by atoms with van der Waals surface area (Å²) in [4.78, 5) is 6.44. The molecule has 2 rings (SSSR count). The second kappa shape index (κ2) is 4.73. The predicted molar refractivity (Wildman–Crippen MR) is 61.6 cm³/mol. The molecule has 1 fully saturated rings. The van der Waals surface area contributed by atoms with Crippen molar-refractivity contribution in [3.63, 3.8) is 0 Å². The van der Waals surface area contributed by atoms with E-state index in [0.29, 0.717) is 12.1 Å². The maximum Gasteiger partial charge on any atom is 0.0270 e. The summed E-state index contributed by atoms with van der Waals surface area (Å²) < 4.78 is 0. The molecule has 3 nitrogen and oxygen atoms in total. The molecular formula is C12H19N3. The van der Waals surface area contributed by atoms with E-state index in [4.69, 9.17) is 5.73 Å². The molecule has 1 aliphatic rings. The molecule has 1 aromatic rings. The van der Waals surface area contributed by atoms with Gasteiger partial charge in [-0.05, 0) is 44.0 Å². The molecule has 0 amide bonds. The fourth-order valence-electron chi connectivity index (χ4n) is 2.03. The van der Waals surface area contributed by atoms with Gasteiger partial charge in [0.05, 0.1) is 0 Å². The Morgan fingerprint density at radius 3 is 2.67 bits per heavy atom. The third-order valence-electron chi connectivity index (χ3n) is 3.28. The minimum atomic E-state index is 0.443. The van der Waals surface area contributed by atoms with Crippen LogP contribution in [0.2, 0.25) is 0 Å². The molecule has 0 bridgehead atoms. The van der Waals surface area contributed by atoms with Crippen molar-refractivity contribution in [3.05, 3.63) is 30.1 Å². The number of hydrogen-bond donors (Lipinski definition) is 1. The van der Waals surface area contributed by atoms with Crippen LogP contribution in [0.1, 0.15) is 18.4 Å². The van der Waals surface area contributed by atoms with Gasteiger partial charge in [0.1, 0.15) is 0 Å². The molecule has 1 aromatic heterocycles. The highest BCUT2D eigenvalue weighted by Gasteiger charge is 2.28. The van der Waals surface area contributed by atoms with Crippen LogP contribution in [0, 0.1) is 0 Å². The summed E-state index contributed by atoms with van der Waals surface area (Å²) in [6, 6.07) is 5.32. The summed E-state index contributed by atoms with van der Waals surface area (Å²) in [6.07, 6.45) is 7.13. The number of rotatable bonds is 4. The van der Waals surface area contributed by atoms with Crippen LogP contribution in [0.25, 0.3) is 0 Å². The zero-order valence-corrected chi connectivity index (χ0v) is 9.26. The quantitative estimate of drug-likeness (QED) is 0.798. The van der Waals surface area contributed by atoms with Gasteiger partial charge in [-0.1, -0.05) is 0 Å². The van der Waals surface area contributed by atoms with E-state index >= 15 is 0 Å². The second-order valence-corrected chi connectivity index (χ2v) is 4.47. The number of hydrogen-bond acceptors (Lipinski definition) is 3. The van der Waals surface area contributed by atoms with Crippen molar-refractivity contribution < 1.29 is 0 Å². The van der Waals surface area contributed by atoms with Crippen LogP contribution in [-0.4, -0.2) is 35.6 Å². The van der Waals surface area contributed by atoms with Crippen molar-refractivity contribution in [2.45, 2.75) is 31.3 Å². The Morgan fingerprint density at radius 2 is 2.07 bits per heavy atom. The van der Waals surface area contributed by atoms with Gasteiger partial charge in [0, 0.05) is 31.0 Å². The van der Waals surface area contributed by atoms with Gasteiger partial charge in [-0.2, -0.15) is 0 Å². The van der Waals surface area contributed by atoms with Crippen LogP contribution in [0.5, 0.6) is 0 Å². The minimum absolute atomic E-state index is 0.443. The van der Waals surface area contributed by atoms with Crippen LogP contribution in [0.15, 0.2) is 24.5 Å². The van der Waals surface area contributed by atoms with Gasteiger partial charge in [-0.15, -0.1) is 0 Å². The SMILES string of the molecule is CN(CCc1ccncc1)C1CC(N)C1. The lowest BCUT2D eigenvalue weighted by molar-refractivity contribution is 0.140. The molecule has 0 saturated heterocycles. The van der Waals surface area contributed by atoms with E-state index in [-0.39, 0.29) is 0 Å². The van der Waals surface area contributed by atoms with E-state index in [1.807, 2.05) is 12.4 Å². The summed E-state index contributed by atoms with van der Waals surface area (Å²) in [5.41, 5.74) is 7.14. The van der Waals surface area contributed by atoms with Crippen molar-refractivity contribution in [2.24, 2.45) is 5.73 Å². The van der Waals surface area contributed by atoms with Gasteiger partial charge in [0.2, 0.25) is 0 Å². The lowest BCUT2D eigenvalue weighted by Gasteiger charge is -2.39. The Labute approximate surface area is 91.3 Å². The normalized spacial score (nSPS) is 25.3. The van der Waals surface area contributed by atoms with Gasteiger partial charge in [-0.3, -0.25) is 4.98 Å². The zero-order chi connectivity index (χ0) is 10.7. The molecule has 1 aliphatic carbocycles. The van der Waals surface area contributed by atoms with Crippen LogP contribution in [-0.2, 0) is 6.42 Å². The van der Waals surface area contributed by atoms with Gasteiger partial charge < -0.3 is 10.6 Å². The van der Waals surface area contributed by atoms with Gasteiger partial charge in [-0.25, -0.2) is 0 Å². The molecule has 3 heteroatoms. The third-order valence-corrected chi connectivity index (χ3v) is 3.28. The maximum atomic E-state index is 5.78. The zero-order valence-electron chi connectivity index (χ0n) is 9.26. The average Bonchev–Trinajstić information content (AvgIpc) is 2.23. The van der Waals surface area contributed by atoms with Crippen LogP contribution < -0.4 is 5.73 Å². The Balaban J connectivity index is 1.74. The molecule has 0 atom stereocenters. The number of likely N-dealkylation sites (N-methyl/N-ethyl adjacent to an activating group) is 1. The van der Waals surface area contributed by atoms with Crippen molar-refractivity contribution in [3.8, 4) is 0 Å². The lowest BCUT2D eigenvalue weighted by atomic mass is 9.86. The second-order valence-electron chi connectivity index (χ2n) is 4.47. The van der Waals surface area contributed by atoms with Crippen LogP contribution in [0.4, 0.5) is 0 Å². The topological polar surface area (TPSA) is 42.2 Å². The number of pyridine rings is 1. The lowest BCUT2D eigenvalue weighted by Crippen LogP contribution is -2.49. The molecule has 0 radical (unpaired) electrons. The van der Waals surface area contributed by atoms with E-state index in [1.54, 1.807) is 0 Å². The number of aromatic nitrogens is 1. The van der Waals surface area contributed by atoms with Crippen molar-refractivity contribution in [1.29, 1.82) is 0 Å². The summed E-state index contributed by atoms with van der Waals surface area (Å²) in [5, 5.41) is 0. The fraction of sp³-hybridized carbons (Fsp3) is 0.583. The Bertz CT molecular complexity index is 293. The van der Waals surface area contributed by atoms with E-state index in [1.165, 1.54) is 5.56 Å². The van der Waals surface area contributed by atoms with Crippen molar-refractivity contribution in [2.75, 3.05) is 13.6 Å². The monoisotopic (exact) mass is 205 g/mol. The average molecular weight is 205 g/mol. The molecule has 0 aliphatic heterocycles. The number of nitrogens with two attached hydrogens (primary N) is 1.